The summed E-state index contributed by atoms with van der Waals surface area (Å²) in [6, 6.07) is 11.8. The minimum Gasteiger partial charge on any atom is -0.340 e. The van der Waals surface area contributed by atoms with Crippen molar-refractivity contribution in [3.05, 3.63) is 66.5 Å². The summed E-state index contributed by atoms with van der Waals surface area (Å²) in [6.45, 7) is 0.746. The number of halogens is 1. The Morgan fingerprint density at radius 3 is 2.59 bits per heavy atom. The Bertz CT molecular complexity index is 1100. The highest BCUT2D eigenvalue weighted by Crippen LogP contribution is 2.36. The van der Waals surface area contributed by atoms with E-state index in [1.165, 1.54) is 12.1 Å². The van der Waals surface area contributed by atoms with Gasteiger partial charge in [-0.15, -0.1) is 0 Å². The molecule has 1 aliphatic carbocycles. The number of likely N-dealkylation sites (tertiary alicyclic amines) is 1. The van der Waals surface area contributed by atoms with Gasteiger partial charge < -0.3 is 10.2 Å². The number of nitrogens with zero attached hydrogens (tertiary/aromatic N) is 4. The SMILES string of the molecule is O=C(C1CCC1)N1CCCC[C@H]1c1nc(Nc2cccc(F)c2)cc(-c2ccncc2)n1. The summed E-state index contributed by atoms with van der Waals surface area (Å²) in [5, 5.41) is 3.21. The van der Waals surface area contributed by atoms with Gasteiger partial charge in [-0.25, -0.2) is 14.4 Å². The number of benzene rings is 1. The van der Waals surface area contributed by atoms with Crippen molar-refractivity contribution in [1.82, 2.24) is 19.9 Å². The maximum Gasteiger partial charge on any atom is 0.226 e. The maximum atomic E-state index is 13.7. The molecule has 1 aromatic carbocycles. The largest absolute Gasteiger partial charge is 0.340 e. The van der Waals surface area contributed by atoms with Crippen molar-refractivity contribution in [3.63, 3.8) is 0 Å². The van der Waals surface area contributed by atoms with Crippen LogP contribution < -0.4 is 5.32 Å². The molecule has 1 atom stereocenters. The summed E-state index contributed by atoms with van der Waals surface area (Å²) >= 11 is 0. The summed E-state index contributed by atoms with van der Waals surface area (Å²) in [5.41, 5.74) is 2.28. The fourth-order valence-corrected chi connectivity index (χ4v) is 4.42. The van der Waals surface area contributed by atoms with E-state index in [4.69, 9.17) is 9.97 Å². The molecule has 3 heterocycles. The van der Waals surface area contributed by atoms with Crippen LogP contribution in [0.5, 0.6) is 0 Å². The van der Waals surface area contributed by atoms with Crippen LogP contribution >= 0.6 is 0 Å². The molecule has 1 saturated carbocycles. The average Bonchev–Trinajstić information content (AvgIpc) is 2.78. The fraction of sp³-hybridized carbons (Fsp3) is 0.360. The minimum absolute atomic E-state index is 0.142. The van der Waals surface area contributed by atoms with Crippen LogP contribution in [0, 0.1) is 11.7 Å². The van der Waals surface area contributed by atoms with Crippen molar-refractivity contribution in [2.45, 2.75) is 44.6 Å². The van der Waals surface area contributed by atoms with Crippen LogP contribution in [0.25, 0.3) is 11.3 Å². The molecule has 1 N–H and O–H groups in total. The lowest BCUT2D eigenvalue weighted by Crippen LogP contribution is -2.44. The molecule has 0 unspecified atom stereocenters. The predicted octanol–water partition coefficient (Wildman–Crippen LogP) is 5.28. The van der Waals surface area contributed by atoms with Gasteiger partial charge in [0.2, 0.25) is 5.91 Å². The normalized spacial score (nSPS) is 18.8. The molecule has 3 aromatic rings. The van der Waals surface area contributed by atoms with E-state index in [0.717, 1.165) is 56.3 Å². The van der Waals surface area contributed by atoms with Crippen molar-refractivity contribution in [2.75, 3.05) is 11.9 Å². The third kappa shape index (κ3) is 4.33. The van der Waals surface area contributed by atoms with Crippen molar-refractivity contribution in [3.8, 4) is 11.3 Å². The summed E-state index contributed by atoms with van der Waals surface area (Å²) < 4.78 is 13.7. The van der Waals surface area contributed by atoms with Crippen LogP contribution in [-0.2, 0) is 4.79 Å². The number of rotatable bonds is 5. The molecule has 2 aliphatic rings. The van der Waals surface area contributed by atoms with Gasteiger partial charge in [-0.05, 0) is 62.4 Å². The highest BCUT2D eigenvalue weighted by atomic mass is 19.1. The molecule has 0 bridgehead atoms. The first kappa shape index (κ1) is 20.5. The van der Waals surface area contributed by atoms with Crippen LogP contribution in [0.3, 0.4) is 0 Å². The lowest BCUT2D eigenvalue weighted by atomic mass is 9.83. The number of hydrogen-bond acceptors (Lipinski definition) is 5. The van der Waals surface area contributed by atoms with Crippen LogP contribution in [0.15, 0.2) is 54.9 Å². The number of hydrogen-bond donors (Lipinski definition) is 1. The quantitative estimate of drug-likeness (QED) is 0.595. The molecule has 164 valence electrons. The van der Waals surface area contributed by atoms with Crippen molar-refractivity contribution in [1.29, 1.82) is 0 Å². The van der Waals surface area contributed by atoms with Gasteiger partial charge in [0.25, 0.3) is 0 Å². The minimum atomic E-state index is -0.316. The molecular weight excluding hydrogens is 405 g/mol. The smallest absolute Gasteiger partial charge is 0.226 e. The molecule has 2 fully saturated rings. The van der Waals surface area contributed by atoms with E-state index < -0.39 is 0 Å². The molecule has 0 radical (unpaired) electrons. The molecule has 1 aliphatic heterocycles. The third-order valence-electron chi connectivity index (χ3n) is 6.35. The molecule has 2 aromatic heterocycles. The van der Waals surface area contributed by atoms with E-state index in [-0.39, 0.29) is 23.7 Å². The van der Waals surface area contributed by atoms with Gasteiger partial charge in [0.05, 0.1) is 11.7 Å². The lowest BCUT2D eigenvalue weighted by molar-refractivity contribution is -0.142. The zero-order valence-electron chi connectivity index (χ0n) is 17.9. The summed E-state index contributed by atoms with van der Waals surface area (Å²) in [6.07, 6.45) is 9.43. The first-order chi connectivity index (χ1) is 15.7. The summed E-state index contributed by atoms with van der Waals surface area (Å²) in [7, 11) is 0. The van der Waals surface area contributed by atoms with Gasteiger partial charge in [0.15, 0.2) is 5.82 Å². The Morgan fingerprint density at radius 2 is 1.84 bits per heavy atom. The van der Waals surface area contributed by atoms with E-state index >= 15 is 0 Å². The van der Waals surface area contributed by atoms with Gasteiger partial charge in [-0.1, -0.05) is 12.5 Å². The topological polar surface area (TPSA) is 71.0 Å². The Balaban J connectivity index is 1.53. The van der Waals surface area contributed by atoms with Crippen LogP contribution in [-0.4, -0.2) is 32.3 Å². The molecule has 0 spiro atoms. The highest BCUT2D eigenvalue weighted by Gasteiger charge is 2.36. The summed E-state index contributed by atoms with van der Waals surface area (Å²) in [4.78, 5) is 28.9. The summed E-state index contributed by atoms with van der Waals surface area (Å²) in [5.74, 6) is 1.27. The van der Waals surface area contributed by atoms with E-state index in [0.29, 0.717) is 17.3 Å². The second-order valence-electron chi connectivity index (χ2n) is 8.54. The van der Waals surface area contributed by atoms with Gasteiger partial charge >= 0.3 is 0 Å². The lowest BCUT2D eigenvalue weighted by Gasteiger charge is -2.39. The van der Waals surface area contributed by atoms with Crippen molar-refractivity contribution >= 4 is 17.4 Å². The standard InChI is InChI=1S/C25H26FN5O/c26-19-7-4-8-20(15-19)28-23-16-21(17-10-12-27-13-11-17)29-24(30-23)22-9-1-2-14-31(22)25(32)18-5-3-6-18/h4,7-8,10-13,15-16,18,22H,1-3,5-6,9,14H2,(H,28,29,30)/t22-/m0/s1. The molecule has 1 saturated heterocycles. The van der Waals surface area contributed by atoms with Crippen molar-refractivity contribution < 1.29 is 9.18 Å². The zero-order valence-corrected chi connectivity index (χ0v) is 17.9. The number of piperidine rings is 1. The predicted molar refractivity (Wildman–Crippen MR) is 121 cm³/mol. The van der Waals surface area contributed by atoms with Crippen molar-refractivity contribution in [2.24, 2.45) is 5.92 Å². The van der Waals surface area contributed by atoms with Crippen LogP contribution in [0.2, 0.25) is 0 Å². The van der Waals surface area contributed by atoms with Crippen LogP contribution in [0.4, 0.5) is 15.9 Å². The molecule has 6 nitrogen and oxygen atoms in total. The fourth-order valence-electron chi connectivity index (χ4n) is 4.42. The Hall–Kier alpha value is -3.35. The third-order valence-corrected chi connectivity index (χ3v) is 6.35. The maximum absolute atomic E-state index is 13.7. The number of anilines is 2. The van der Waals surface area contributed by atoms with Gasteiger partial charge in [0, 0.05) is 42.2 Å². The Kier molecular flexibility index (Phi) is 5.79. The average molecular weight is 432 g/mol. The van der Waals surface area contributed by atoms with E-state index in [9.17, 15) is 9.18 Å². The molecule has 5 rings (SSSR count). The van der Waals surface area contributed by atoms with Crippen LogP contribution in [0.1, 0.15) is 50.4 Å². The number of nitrogens with one attached hydrogen (secondary N) is 1. The highest BCUT2D eigenvalue weighted by molar-refractivity contribution is 5.80. The van der Waals surface area contributed by atoms with E-state index in [2.05, 4.69) is 10.3 Å². The monoisotopic (exact) mass is 431 g/mol. The molecule has 7 heteroatoms. The van der Waals surface area contributed by atoms with Gasteiger partial charge in [-0.3, -0.25) is 9.78 Å². The number of carbonyl (C=O) groups excluding carboxylic acids is 1. The number of amides is 1. The zero-order chi connectivity index (χ0) is 21.9. The second-order valence-corrected chi connectivity index (χ2v) is 8.54. The molecule has 32 heavy (non-hydrogen) atoms. The van der Waals surface area contributed by atoms with Gasteiger partial charge in [0.1, 0.15) is 11.6 Å². The Labute approximate surface area is 186 Å². The number of pyridine rings is 1. The van der Waals surface area contributed by atoms with E-state index in [1.54, 1.807) is 24.5 Å². The molecule has 1 amide bonds. The van der Waals surface area contributed by atoms with E-state index in [1.807, 2.05) is 23.1 Å². The number of carbonyl (C=O) groups is 1. The van der Waals surface area contributed by atoms with Gasteiger partial charge in [-0.2, -0.15) is 0 Å². The number of aromatic nitrogens is 3. The second kappa shape index (κ2) is 9.02. The first-order valence-electron chi connectivity index (χ1n) is 11.3. The first-order valence-corrected chi connectivity index (χ1v) is 11.3. The Morgan fingerprint density at radius 1 is 1.00 bits per heavy atom. The molecular formula is C25H26FN5O.